The Balaban J connectivity index is 1.81. The lowest BCUT2D eigenvalue weighted by atomic mass is 10.1. The molecule has 0 fully saturated rings. The number of nitrogens with zero attached hydrogens (tertiary/aromatic N) is 2. The smallest absolute Gasteiger partial charge is 0.414 e. The van der Waals surface area contributed by atoms with Gasteiger partial charge in [-0.15, -0.1) is 0 Å². The Kier molecular flexibility index (Phi) is 4.03. The molecular formula is C18H23N3O2. The molecule has 1 N–H and O–H groups in total. The van der Waals surface area contributed by atoms with Crippen LogP contribution in [0.15, 0.2) is 42.7 Å². The summed E-state index contributed by atoms with van der Waals surface area (Å²) in [6.07, 6.45) is 4.50. The first-order chi connectivity index (χ1) is 10.9. The van der Waals surface area contributed by atoms with Crippen molar-refractivity contribution in [2.24, 2.45) is 0 Å². The van der Waals surface area contributed by atoms with Crippen molar-refractivity contribution in [1.29, 1.82) is 0 Å². The summed E-state index contributed by atoms with van der Waals surface area (Å²) in [5, 5.41) is 0. The second kappa shape index (κ2) is 5.99. The van der Waals surface area contributed by atoms with E-state index in [0.717, 1.165) is 17.7 Å². The highest BCUT2D eigenvalue weighted by Gasteiger charge is 2.30. The topological polar surface area (TPSA) is 46.5 Å². The van der Waals surface area contributed by atoms with Crippen LogP contribution in [0.5, 0.6) is 0 Å². The van der Waals surface area contributed by atoms with Crippen molar-refractivity contribution in [1.82, 2.24) is 4.68 Å². The molecule has 1 aromatic heterocycles. The van der Waals surface area contributed by atoms with Gasteiger partial charge in [-0.3, -0.25) is 9.58 Å². The predicted molar refractivity (Wildman–Crippen MR) is 91.2 cm³/mol. The molecule has 0 spiro atoms. The lowest BCUT2D eigenvalue weighted by Gasteiger charge is -2.26. The maximum absolute atomic E-state index is 12.5. The van der Waals surface area contributed by atoms with Gasteiger partial charge < -0.3 is 10.2 Å². The third kappa shape index (κ3) is 3.50. The van der Waals surface area contributed by atoms with E-state index in [1.165, 1.54) is 5.56 Å². The van der Waals surface area contributed by atoms with Crippen molar-refractivity contribution < 1.29 is 9.53 Å². The molecule has 0 saturated heterocycles. The first kappa shape index (κ1) is 15.5. The summed E-state index contributed by atoms with van der Waals surface area (Å²) in [7, 11) is 0. The number of hydrogen-bond acceptors (Lipinski definition) is 3. The van der Waals surface area contributed by atoms with Crippen LogP contribution in [-0.2, 0) is 17.7 Å². The normalized spacial score (nSPS) is 13.8. The SMILES string of the molecule is CC(C)(C)OC(=O)N1CCc2cccc(CNn3cccc3)c21. The fourth-order valence-electron chi connectivity index (χ4n) is 2.80. The van der Waals surface area contributed by atoms with E-state index in [1.54, 1.807) is 4.90 Å². The molecule has 5 nitrogen and oxygen atoms in total. The number of para-hydroxylation sites is 1. The highest BCUT2D eigenvalue weighted by Crippen LogP contribution is 2.33. The number of fused-ring (bicyclic) bond motifs is 1. The van der Waals surface area contributed by atoms with Crippen LogP contribution >= 0.6 is 0 Å². The molecule has 5 heteroatoms. The number of anilines is 1. The fraction of sp³-hybridized carbons (Fsp3) is 0.389. The standard InChI is InChI=1S/C18H23N3O2/c1-18(2,3)23-17(22)21-12-9-14-7-6-8-15(16(14)21)13-19-20-10-4-5-11-20/h4-8,10-11,19H,9,12-13H2,1-3H3. The number of amides is 1. The Morgan fingerprint density at radius 2 is 1.96 bits per heavy atom. The first-order valence-electron chi connectivity index (χ1n) is 7.92. The van der Waals surface area contributed by atoms with Crippen LogP contribution in [0.25, 0.3) is 0 Å². The van der Waals surface area contributed by atoms with Gasteiger partial charge in [0, 0.05) is 18.9 Å². The molecule has 23 heavy (non-hydrogen) atoms. The molecule has 3 rings (SSSR count). The molecule has 0 bridgehead atoms. The lowest BCUT2D eigenvalue weighted by molar-refractivity contribution is 0.0583. The summed E-state index contributed by atoms with van der Waals surface area (Å²) in [4.78, 5) is 14.2. The Bertz CT molecular complexity index is 687. The van der Waals surface area contributed by atoms with E-state index >= 15 is 0 Å². The van der Waals surface area contributed by atoms with Crippen LogP contribution < -0.4 is 10.3 Å². The summed E-state index contributed by atoms with van der Waals surface area (Å²) >= 11 is 0. The lowest BCUT2D eigenvalue weighted by Crippen LogP contribution is -2.36. The molecule has 0 radical (unpaired) electrons. The van der Waals surface area contributed by atoms with Crippen molar-refractivity contribution in [3.63, 3.8) is 0 Å². The molecule has 0 saturated carbocycles. The van der Waals surface area contributed by atoms with E-state index in [9.17, 15) is 4.79 Å². The minimum Gasteiger partial charge on any atom is -0.443 e. The number of aromatic nitrogens is 1. The molecule has 1 aromatic carbocycles. The third-order valence-electron chi connectivity index (χ3n) is 3.75. The van der Waals surface area contributed by atoms with Crippen LogP contribution in [0.1, 0.15) is 31.9 Å². The zero-order valence-corrected chi connectivity index (χ0v) is 13.9. The maximum Gasteiger partial charge on any atom is 0.414 e. The fourth-order valence-corrected chi connectivity index (χ4v) is 2.80. The molecule has 1 aliphatic rings. The summed E-state index contributed by atoms with van der Waals surface area (Å²) in [5.41, 5.74) is 6.11. The molecular weight excluding hydrogens is 290 g/mol. The quantitative estimate of drug-likeness (QED) is 0.943. The summed E-state index contributed by atoms with van der Waals surface area (Å²) in [6, 6.07) is 10.1. The van der Waals surface area contributed by atoms with E-state index in [-0.39, 0.29) is 6.09 Å². The summed E-state index contributed by atoms with van der Waals surface area (Å²) in [6.45, 7) is 6.99. The Hall–Kier alpha value is -2.43. The minimum absolute atomic E-state index is 0.273. The van der Waals surface area contributed by atoms with Crippen LogP contribution in [0, 0.1) is 0 Å². The van der Waals surface area contributed by atoms with E-state index < -0.39 is 5.60 Å². The largest absolute Gasteiger partial charge is 0.443 e. The Morgan fingerprint density at radius 3 is 2.65 bits per heavy atom. The zero-order chi connectivity index (χ0) is 16.4. The van der Waals surface area contributed by atoms with Gasteiger partial charge in [0.15, 0.2) is 0 Å². The predicted octanol–water partition coefficient (Wildman–Crippen LogP) is 3.53. The van der Waals surface area contributed by atoms with E-state index in [1.807, 2.05) is 56.0 Å². The molecule has 2 aromatic rings. The molecule has 0 aliphatic carbocycles. The number of nitrogens with one attached hydrogen (secondary N) is 1. The second-order valence-electron chi connectivity index (χ2n) is 6.73. The van der Waals surface area contributed by atoms with E-state index in [4.69, 9.17) is 4.74 Å². The third-order valence-corrected chi connectivity index (χ3v) is 3.75. The number of hydrogen-bond donors (Lipinski definition) is 1. The van der Waals surface area contributed by atoms with Gasteiger partial charge >= 0.3 is 6.09 Å². The minimum atomic E-state index is -0.488. The second-order valence-corrected chi connectivity index (χ2v) is 6.73. The van der Waals surface area contributed by atoms with Gasteiger partial charge in [0.25, 0.3) is 0 Å². The maximum atomic E-state index is 12.5. The number of carbonyl (C=O) groups excluding carboxylic acids is 1. The summed E-state index contributed by atoms with van der Waals surface area (Å²) < 4.78 is 7.45. The summed E-state index contributed by atoms with van der Waals surface area (Å²) in [5.74, 6) is 0. The Labute approximate surface area is 136 Å². The van der Waals surface area contributed by atoms with Crippen molar-refractivity contribution in [3.8, 4) is 0 Å². The van der Waals surface area contributed by atoms with Gasteiger partial charge in [0.05, 0.1) is 12.2 Å². The van der Waals surface area contributed by atoms with Crippen molar-refractivity contribution in [3.05, 3.63) is 53.9 Å². The molecule has 122 valence electrons. The monoisotopic (exact) mass is 313 g/mol. The van der Waals surface area contributed by atoms with Crippen LogP contribution in [0.2, 0.25) is 0 Å². The van der Waals surface area contributed by atoms with Crippen LogP contribution in [0.4, 0.5) is 10.5 Å². The molecule has 0 atom stereocenters. The highest BCUT2D eigenvalue weighted by molar-refractivity contribution is 5.91. The average molecular weight is 313 g/mol. The average Bonchev–Trinajstić information content (AvgIpc) is 3.12. The van der Waals surface area contributed by atoms with Crippen LogP contribution in [0.3, 0.4) is 0 Å². The van der Waals surface area contributed by atoms with Gasteiger partial charge in [-0.2, -0.15) is 0 Å². The number of rotatable bonds is 3. The van der Waals surface area contributed by atoms with Gasteiger partial charge in [0.2, 0.25) is 0 Å². The molecule has 0 unspecified atom stereocenters. The van der Waals surface area contributed by atoms with Gasteiger partial charge in [-0.05, 0) is 50.5 Å². The van der Waals surface area contributed by atoms with E-state index in [2.05, 4.69) is 17.6 Å². The number of carbonyl (C=O) groups is 1. The van der Waals surface area contributed by atoms with Gasteiger partial charge in [-0.1, -0.05) is 18.2 Å². The van der Waals surface area contributed by atoms with Crippen LogP contribution in [-0.4, -0.2) is 22.9 Å². The number of ether oxygens (including phenoxy) is 1. The Morgan fingerprint density at radius 1 is 1.22 bits per heavy atom. The molecule has 2 heterocycles. The molecule has 1 amide bonds. The van der Waals surface area contributed by atoms with Crippen molar-refractivity contribution >= 4 is 11.8 Å². The number of benzene rings is 1. The first-order valence-corrected chi connectivity index (χ1v) is 7.92. The highest BCUT2D eigenvalue weighted by atomic mass is 16.6. The van der Waals surface area contributed by atoms with Crippen molar-refractivity contribution in [2.45, 2.75) is 39.3 Å². The molecule has 1 aliphatic heterocycles. The van der Waals surface area contributed by atoms with Gasteiger partial charge in [-0.25, -0.2) is 4.79 Å². The van der Waals surface area contributed by atoms with Crippen molar-refractivity contribution in [2.75, 3.05) is 16.9 Å². The van der Waals surface area contributed by atoms with E-state index in [0.29, 0.717) is 13.1 Å². The van der Waals surface area contributed by atoms with Gasteiger partial charge in [0.1, 0.15) is 5.60 Å². The zero-order valence-electron chi connectivity index (χ0n) is 13.9.